The van der Waals surface area contributed by atoms with Crippen LogP contribution in [-0.4, -0.2) is 57.9 Å². The third kappa shape index (κ3) is 10.7. The molecule has 262 valence electrons. The molecule has 0 aliphatic carbocycles. The molecule has 48 heavy (non-hydrogen) atoms. The summed E-state index contributed by atoms with van der Waals surface area (Å²) in [4.78, 5) is 28.4. The fourth-order valence-corrected chi connectivity index (χ4v) is 6.05. The Kier molecular flexibility index (Phi) is 15.3. The molecule has 0 fully saturated rings. The second-order valence-electron chi connectivity index (χ2n) is 12.7. The van der Waals surface area contributed by atoms with Crippen LogP contribution in [0.5, 0.6) is 11.5 Å². The number of benzene rings is 3. The highest BCUT2D eigenvalue weighted by molar-refractivity contribution is 6.31. The highest BCUT2D eigenvalue weighted by atomic mass is 35.5. The van der Waals surface area contributed by atoms with Crippen molar-refractivity contribution < 1.29 is 28.5 Å². The number of nitrogens with zero attached hydrogens (tertiary/aromatic N) is 1. The van der Waals surface area contributed by atoms with E-state index in [0.29, 0.717) is 46.5 Å². The van der Waals surface area contributed by atoms with Gasteiger partial charge in [-0.15, -0.1) is 12.4 Å². The Labute approximate surface area is 300 Å². The van der Waals surface area contributed by atoms with Gasteiger partial charge in [-0.2, -0.15) is 0 Å². The summed E-state index contributed by atoms with van der Waals surface area (Å²) in [6.45, 7) is 10.6. The van der Waals surface area contributed by atoms with Crippen molar-refractivity contribution in [3.05, 3.63) is 87.4 Å². The second kappa shape index (κ2) is 18.7. The number of esters is 1. The number of hydrogen-bond acceptors (Lipinski definition) is 7. The summed E-state index contributed by atoms with van der Waals surface area (Å²) in [6.07, 6.45) is 0.595. The molecule has 2 atom stereocenters. The van der Waals surface area contributed by atoms with Crippen molar-refractivity contribution in [1.29, 1.82) is 0 Å². The number of amides is 1. The van der Waals surface area contributed by atoms with Crippen molar-refractivity contribution >= 4 is 53.2 Å². The monoisotopic (exact) mass is 720 g/mol. The van der Waals surface area contributed by atoms with Gasteiger partial charge >= 0.3 is 5.97 Å². The number of ether oxygens (including phenoxy) is 4. The molecule has 1 aliphatic heterocycles. The van der Waals surface area contributed by atoms with Crippen LogP contribution in [0, 0.1) is 5.41 Å². The van der Waals surface area contributed by atoms with Crippen LogP contribution in [0.4, 0.5) is 5.69 Å². The van der Waals surface area contributed by atoms with E-state index in [-0.39, 0.29) is 36.8 Å². The summed E-state index contributed by atoms with van der Waals surface area (Å²) in [7, 11) is 1.58. The molecule has 11 heteroatoms. The molecule has 1 aliphatic rings. The maximum absolute atomic E-state index is 14.1. The topological polar surface area (TPSA) is 86.3 Å². The van der Waals surface area contributed by atoms with Crippen molar-refractivity contribution in [2.24, 2.45) is 5.41 Å². The summed E-state index contributed by atoms with van der Waals surface area (Å²) < 4.78 is 23.9. The van der Waals surface area contributed by atoms with Crippen molar-refractivity contribution in [2.45, 2.75) is 65.6 Å². The van der Waals surface area contributed by atoms with Gasteiger partial charge in [0.1, 0.15) is 12.2 Å². The number of halogens is 3. The summed E-state index contributed by atoms with van der Waals surface area (Å²) in [5.41, 5.74) is 2.94. The van der Waals surface area contributed by atoms with E-state index in [4.69, 9.17) is 42.1 Å². The molecule has 3 aromatic rings. The number of para-hydroxylation sites is 1. The zero-order chi connectivity index (χ0) is 34.0. The zero-order valence-electron chi connectivity index (χ0n) is 28.4. The zero-order valence-corrected chi connectivity index (χ0v) is 30.7. The van der Waals surface area contributed by atoms with E-state index < -0.39 is 18.2 Å². The fourth-order valence-electron chi connectivity index (χ4n) is 5.64. The Balaban J connectivity index is 0.00000625. The summed E-state index contributed by atoms with van der Waals surface area (Å²) in [6, 6.07) is 18.9. The molecule has 1 amide bonds. The normalized spacial score (nSPS) is 16.1. The Morgan fingerprint density at radius 1 is 1.00 bits per heavy atom. The van der Waals surface area contributed by atoms with Crippen LogP contribution in [0.1, 0.15) is 69.8 Å². The largest absolute Gasteiger partial charge is 0.492 e. The number of aryl methyl sites for hydroxylation is 1. The van der Waals surface area contributed by atoms with E-state index >= 15 is 0 Å². The van der Waals surface area contributed by atoms with Gasteiger partial charge in [-0.1, -0.05) is 74.3 Å². The maximum atomic E-state index is 14.1. The van der Waals surface area contributed by atoms with Crippen LogP contribution in [0.2, 0.25) is 10.0 Å². The maximum Gasteiger partial charge on any atom is 0.308 e. The Bertz CT molecular complexity index is 1510. The number of carbonyl (C=O) groups is 2. The molecule has 0 radical (unpaired) electrons. The van der Waals surface area contributed by atoms with Crippen LogP contribution in [0.3, 0.4) is 0 Å². The minimum absolute atomic E-state index is 0. The summed E-state index contributed by atoms with van der Waals surface area (Å²) in [5, 5.41) is 4.77. The molecule has 1 heterocycles. The first-order valence-electron chi connectivity index (χ1n) is 16.2. The fraction of sp³-hybridized carbons (Fsp3) is 0.459. The van der Waals surface area contributed by atoms with Gasteiger partial charge in [-0.25, -0.2) is 0 Å². The van der Waals surface area contributed by atoms with Crippen LogP contribution < -0.4 is 19.7 Å². The SMILES string of the molecule is CCOC(=O)C[C@@H]1O[C@@H](c2cccc(OCCCNCCCc3ccccc3Cl)c2OC)c2cc(Cl)ccc2N(CC(C)(C)C)C1=O.Cl. The lowest BCUT2D eigenvalue weighted by molar-refractivity contribution is -0.151. The molecular formula is C37H47Cl3N2O6. The third-order valence-electron chi connectivity index (χ3n) is 7.70. The van der Waals surface area contributed by atoms with Crippen LogP contribution in [0.25, 0.3) is 0 Å². The molecular weight excluding hydrogens is 675 g/mol. The van der Waals surface area contributed by atoms with Gasteiger partial charge in [0.2, 0.25) is 0 Å². The highest BCUT2D eigenvalue weighted by Crippen LogP contribution is 2.45. The van der Waals surface area contributed by atoms with Gasteiger partial charge in [0.05, 0.1) is 26.7 Å². The minimum atomic E-state index is -1.09. The minimum Gasteiger partial charge on any atom is -0.492 e. The molecule has 0 spiro atoms. The van der Waals surface area contributed by atoms with Crippen LogP contribution >= 0.6 is 35.6 Å². The summed E-state index contributed by atoms with van der Waals surface area (Å²) >= 11 is 12.8. The van der Waals surface area contributed by atoms with Crippen molar-refractivity contribution in [2.75, 3.05) is 44.9 Å². The third-order valence-corrected chi connectivity index (χ3v) is 8.31. The summed E-state index contributed by atoms with van der Waals surface area (Å²) in [5.74, 6) is 0.221. The first kappa shape index (κ1) is 39.4. The van der Waals surface area contributed by atoms with Crippen molar-refractivity contribution in [1.82, 2.24) is 5.32 Å². The van der Waals surface area contributed by atoms with Crippen LogP contribution in [0.15, 0.2) is 60.7 Å². The van der Waals surface area contributed by atoms with E-state index in [1.165, 1.54) is 0 Å². The van der Waals surface area contributed by atoms with Gasteiger partial charge in [-0.05, 0) is 80.6 Å². The Hall–Kier alpha value is -3.01. The van der Waals surface area contributed by atoms with E-state index in [2.05, 4.69) is 32.2 Å². The Morgan fingerprint density at radius 3 is 2.46 bits per heavy atom. The molecule has 0 saturated heterocycles. The van der Waals surface area contributed by atoms with Gasteiger partial charge in [0.25, 0.3) is 5.91 Å². The molecule has 1 N–H and O–H groups in total. The number of rotatable bonds is 15. The van der Waals surface area contributed by atoms with E-state index in [1.54, 1.807) is 25.0 Å². The highest BCUT2D eigenvalue weighted by Gasteiger charge is 2.40. The lowest BCUT2D eigenvalue weighted by Gasteiger charge is -2.31. The van der Waals surface area contributed by atoms with Gasteiger partial charge in [0, 0.05) is 33.4 Å². The lowest BCUT2D eigenvalue weighted by Crippen LogP contribution is -2.44. The smallest absolute Gasteiger partial charge is 0.308 e. The average molecular weight is 722 g/mol. The number of nitrogens with one attached hydrogen (secondary N) is 1. The van der Waals surface area contributed by atoms with E-state index in [0.717, 1.165) is 42.9 Å². The predicted octanol–water partition coefficient (Wildman–Crippen LogP) is 8.24. The molecule has 0 saturated carbocycles. The average Bonchev–Trinajstić information content (AvgIpc) is 3.12. The van der Waals surface area contributed by atoms with Gasteiger partial charge in [-0.3, -0.25) is 9.59 Å². The lowest BCUT2D eigenvalue weighted by atomic mass is 9.94. The van der Waals surface area contributed by atoms with E-state index in [9.17, 15) is 9.59 Å². The molecule has 0 aromatic heterocycles. The quantitative estimate of drug-likeness (QED) is 0.125. The molecule has 4 rings (SSSR count). The molecule has 0 unspecified atom stereocenters. The molecule has 0 bridgehead atoms. The standard InChI is InChI=1S/C37H46Cl2N2O6.ClH/c1-6-45-33(42)23-32-36(43)41(24-37(2,3)4)30-18-17-26(38)22-28(30)34(47-32)27-14-9-16-31(35(27)44-5)46-21-11-20-40-19-10-13-25-12-7-8-15-29(25)39;/h7-9,12,14-18,22,32,34,40H,6,10-11,13,19-21,23-24H2,1-5H3;1H/t32-,34-;/m0./s1. The number of methoxy groups -OCH3 is 1. The van der Waals surface area contributed by atoms with Crippen LogP contribution in [-0.2, 0) is 25.5 Å². The van der Waals surface area contributed by atoms with Gasteiger partial charge < -0.3 is 29.2 Å². The Morgan fingerprint density at radius 2 is 1.75 bits per heavy atom. The first-order chi connectivity index (χ1) is 22.5. The molecule has 8 nitrogen and oxygen atoms in total. The molecule has 3 aromatic carbocycles. The second-order valence-corrected chi connectivity index (χ2v) is 13.6. The van der Waals surface area contributed by atoms with Crippen molar-refractivity contribution in [3.63, 3.8) is 0 Å². The number of anilines is 1. The van der Waals surface area contributed by atoms with E-state index in [1.807, 2.05) is 48.5 Å². The number of fused-ring (bicyclic) bond motifs is 1. The number of carbonyl (C=O) groups excluding carboxylic acids is 2. The first-order valence-corrected chi connectivity index (χ1v) is 16.9. The van der Waals surface area contributed by atoms with Gasteiger partial charge in [0.15, 0.2) is 11.5 Å². The van der Waals surface area contributed by atoms with Crippen molar-refractivity contribution in [3.8, 4) is 11.5 Å². The predicted molar refractivity (Wildman–Crippen MR) is 194 cm³/mol. The number of hydrogen-bond donors (Lipinski definition) is 1.